The first-order chi connectivity index (χ1) is 15.6. The number of para-hydroxylation sites is 1. The van der Waals surface area contributed by atoms with Gasteiger partial charge in [-0.2, -0.15) is 0 Å². The van der Waals surface area contributed by atoms with Crippen molar-refractivity contribution in [2.45, 2.75) is 52.0 Å². The van der Waals surface area contributed by atoms with Gasteiger partial charge in [0, 0.05) is 30.1 Å². The normalized spacial score (nSPS) is 19.1. The molecule has 1 aliphatic carbocycles. The van der Waals surface area contributed by atoms with E-state index in [0.717, 1.165) is 83.3 Å². The standard InChI is InChI=1S/C26H31N3O2S/c1-4-28(5-2)18-13-15-29(16-14-18)26(30)24-17(3)27-25(32-24)21-11-8-10-20-19-9-6-7-12-22(19)31-23(20)21/h6-10,12,18,21H,4-5,11,13-16H2,1-3H3. The molecule has 1 fully saturated rings. The third-order valence-corrected chi connectivity index (χ3v) is 8.28. The summed E-state index contributed by atoms with van der Waals surface area (Å²) in [6.45, 7) is 10.2. The van der Waals surface area contributed by atoms with Crippen LogP contribution < -0.4 is 0 Å². The van der Waals surface area contributed by atoms with Gasteiger partial charge < -0.3 is 14.2 Å². The molecule has 0 spiro atoms. The molecule has 1 atom stereocenters. The molecule has 1 saturated heterocycles. The predicted molar refractivity (Wildman–Crippen MR) is 130 cm³/mol. The Labute approximate surface area is 193 Å². The van der Waals surface area contributed by atoms with Crippen molar-refractivity contribution < 1.29 is 9.21 Å². The monoisotopic (exact) mass is 449 g/mol. The molecular formula is C26H31N3O2S. The summed E-state index contributed by atoms with van der Waals surface area (Å²) in [6, 6.07) is 8.76. The zero-order valence-electron chi connectivity index (χ0n) is 19.1. The number of aromatic nitrogens is 1. The number of fused-ring (bicyclic) bond motifs is 3. The lowest BCUT2D eigenvalue weighted by atomic mass is 9.93. The van der Waals surface area contributed by atoms with Crippen LogP contribution in [0.15, 0.2) is 34.8 Å². The maximum absolute atomic E-state index is 13.4. The fraction of sp³-hybridized carbons (Fsp3) is 0.462. The number of aryl methyl sites for hydroxylation is 1. The van der Waals surface area contributed by atoms with Gasteiger partial charge in [0.2, 0.25) is 0 Å². The van der Waals surface area contributed by atoms with Crippen LogP contribution in [0.5, 0.6) is 0 Å². The first-order valence-electron chi connectivity index (χ1n) is 11.8. The lowest BCUT2D eigenvalue weighted by Crippen LogP contribution is -2.46. The van der Waals surface area contributed by atoms with Crippen LogP contribution in [0.25, 0.3) is 17.0 Å². The highest BCUT2D eigenvalue weighted by Gasteiger charge is 2.32. The summed E-state index contributed by atoms with van der Waals surface area (Å²) in [6.07, 6.45) is 7.31. The lowest BCUT2D eigenvalue weighted by Gasteiger charge is -2.37. The van der Waals surface area contributed by atoms with Crippen LogP contribution in [-0.4, -0.2) is 52.9 Å². The summed E-state index contributed by atoms with van der Waals surface area (Å²) < 4.78 is 6.25. The lowest BCUT2D eigenvalue weighted by molar-refractivity contribution is 0.0635. The SMILES string of the molecule is CCN(CC)C1CCN(C(=O)c2sc(C3CC=Cc4c3oc3ccccc43)nc2C)CC1. The Morgan fingerprint density at radius 2 is 1.97 bits per heavy atom. The zero-order chi connectivity index (χ0) is 22.2. The number of furan rings is 1. The Hall–Kier alpha value is -2.44. The molecule has 0 N–H and O–H groups in total. The van der Waals surface area contributed by atoms with Gasteiger partial charge in [0.15, 0.2) is 0 Å². The summed E-state index contributed by atoms with van der Waals surface area (Å²) in [5, 5.41) is 2.12. The smallest absolute Gasteiger partial charge is 0.265 e. The van der Waals surface area contributed by atoms with Gasteiger partial charge in [-0.15, -0.1) is 11.3 Å². The van der Waals surface area contributed by atoms with Gasteiger partial charge in [-0.05, 0) is 45.3 Å². The summed E-state index contributed by atoms with van der Waals surface area (Å²) in [5.41, 5.74) is 2.90. The predicted octanol–water partition coefficient (Wildman–Crippen LogP) is 5.69. The number of nitrogens with zero attached hydrogens (tertiary/aromatic N) is 3. The summed E-state index contributed by atoms with van der Waals surface area (Å²) in [5.74, 6) is 1.18. The van der Waals surface area contributed by atoms with E-state index in [-0.39, 0.29) is 11.8 Å². The van der Waals surface area contributed by atoms with Crippen LogP contribution in [0.3, 0.4) is 0 Å². The number of carbonyl (C=O) groups is 1. The van der Waals surface area contributed by atoms with E-state index >= 15 is 0 Å². The van der Waals surface area contributed by atoms with Crippen LogP contribution in [0.4, 0.5) is 0 Å². The fourth-order valence-corrected chi connectivity index (χ4v) is 6.39. The number of thiazole rings is 1. The van der Waals surface area contributed by atoms with Gasteiger partial charge in [-0.1, -0.05) is 44.2 Å². The number of allylic oxidation sites excluding steroid dienone is 1. The van der Waals surface area contributed by atoms with Crippen LogP contribution >= 0.6 is 11.3 Å². The van der Waals surface area contributed by atoms with Crippen LogP contribution in [0.2, 0.25) is 0 Å². The third-order valence-electron chi connectivity index (χ3n) is 7.02. The third kappa shape index (κ3) is 3.69. The Morgan fingerprint density at radius 1 is 1.22 bits per heavy atom. The van der Waals surface area contributed by atoms with Crippen LogP contribution in [-0.2, 0) is 0 Å². The first kappa shape index (κ1) is 21.4. The molecule has 1 aliphatic heterocycles. The number of rotatable bonds is 5. The number of hydrogen-bond acceptors (Lipinski definition) is 5. The maximum atomic E-state index is 13.4. The average molecular weight is 450 g/mol. The highest BCUT2D eigenvalue weighted by atomic mass is 32.1. The summed E-state index contributed by atoms with van der Waals surface area (Å²) in [7, 11) is 0. The Bertz CT molecular complexity index is 1150. The molecule has 0 saturated carbocycles. The topological polar surface area (TPSA) is 49.6 Å². The number of carbonyl (C=O) groups excluding carboxylic acids is 1. The minimum atomic E-state index is 0.0704. The highest BCUT2D eigenvalue weighted by Crippen LogP contribution is 2.42. The van der Waals surface area contributed by atoms with E-state index in [1.807, 2.05) is 30.0 Å². The van der Waals surface area contributed by atoms with Gasteiger partial charge >= 0.3 is 0 Å². The van der Waals surface area contributed by atoms with Crippen molar-refractivity contribution in [2.75, 3.05) is 26.2 Å². The second kappa shape index (κ2) is 8.83. The van der Waals surface area contributed by atoms with E-state index < -0.39 is 0 Å². The molecule has 5 rings (SSSR count). The van der Waals surface area contributed by atoms with Crippen LogP contribution in [0.1, 0.15) is 70.7 Å². The van der Waals surface area contributed by atoms with Gasteiger partial charge in [0.05, 0.1) is 11.6 Å². The number of piperidine rings is 1. The fourth-order valence-electron chi connectivity index (χ4n) is 5.24. The van der Waals surface area contributed by atoms with E-state index in [1.54, 1.807) is 11.3 Å². The molecule has 1 aromatic carbocycles. The highest BCUT2D eigenvalue weighted by molar-refractivity contribution is 7.13. The van der Waals surface area contributed by atoms with Gasteiger partial charge in [0.25, 0.3) is 5.91 Å². The molecule has 0 bridgehead atoms. The number of likely N-dealkylation sites (tertiary alicyclic amines) is 1. The minimum Gasteiger partial charge on any atom is -0.460 e. The minimum absolute atomic E-state index is 0.0704. The summed E-state index contributed by atoms with van der Waals surface area (Å²) >= 11 is 1.55. The molecule has 0 radical (unpaired) electrons. The van der Waals surface area contributed by atoms with Crippen molar-refractivity contribution in [1.82, 2.24) is 14.8 Å². The Balaban J connectivity index is 1.36. The van der Waals surface area contributed by atoms with Crippen molar-refractivity contribution in [2.24, 2.45) is 0 Å². The molecule has 5 nitrogen and oxygen atoms in total. The Morgan fingerprint density at radius 3 is 2.72 bits per heavy atom. The Kier molecular flexibility index (Phi) is 5.91. The number of benzene rings is 1. The van der Waals surface area contributed by atoms with Crippen molar-refractivity contribution in [1.29, 1.82) is 0 Å². The van der Waals surface area contributed by atoms with E-state index in [1.165, 1.54) is 0 Å². The number of hydrogen-bond donors (Lipinski definition) is 0. The molecule has 32 heavy (non-hydrogen) atoms. The molecular weight excluding hydrogens is 418 g/mol. The van der Waals surface area contributed by atoms with Crippen LogP contribution in [0, 0.1) is 6.92 Å². The molecule has 2 aromatic heterocycles. The quantitative estimate of drug-likeness (QED) is 0.502. The molecule has 6 heteroatoms. The molecule has 1 unspecified atom stereocenters. The zero-order valence-corrected chi connectivity index (χ0v) is 20.0. The van der Waals surface area contributed by atoms with Crippen molar-refractivity contribution in [3.8, 4) is 0 Å². The van der Waals surface area contributed by atoms with Gasteiger partial charge in [-0.25, -0.2) is 4.98 Å². The van der Waals surface area contributed by atoms with E-state index in [9.17, 15) is 4.79 Å². The van der Waals surface area contributed by atoms with E-state index in [2.05, 4.69) is 37.0 Å². The molecule has 3 aromatic rings. The van der Waals surface area contributed by atoms with Crippen molar-refractivity contribution in [3.63, 3.8) is 0 Å². The number of amides is 1. The molecule has 168 valence electrons. The molecule has 3 heterocycles. The largest absolute Gasteiger partial charge is 0.460 e. The summed E-state index contributed by atoms with van der Waals surface area (Å²) in [4.78, 5) is 23.5. The van der Waals surface area contributed by atoms with Crippen molar-refractivity contribution in [3.05, 3.63) is 57.2 Å². The molecule has 1 amide bonds. The average Bonchev–Trinajstić information content (AvgIpc) is 3.40. The second-order valence-electron chi connectivity index (χ2n) is 8.78. The second-order valence-corrected chi connectivity index (χ2v) is 9.81. The first-order valence-corrected chi connectivity index (χ1v) is 12.6. The molecule has 2 aliphatic rings. The van der Waals surface area contributed by atoms with Crippen molar-refractivity contribution >= 4 is 34.3 Å². The van der Waals surface area contributed by atoms with E-state index in [0.29, 0.717) is 6.04 Å². The van der Waals surface area contributed by atoms with E-state index in [4.69, 9.17) is 9.40 Å². The van der Waals surface area contributed by atoms with Gasteiger partial charge in [-0.3, -0.25) is 4.79 Å². The maximum Gasteiger partial charge on any atom is 0.265 e. The van der Waals surface area contributed by atoms with Gasteiger partial charge in [0.1, 0.15) is 21.2 Å².